The van der Waals surface area contributed by atoms with Gasteiger partial charge >= 0.3 is 12.0 Å². The molecule has 0 bridgehead atoms. The Kier molecular flexibility index (Phi) is 5.10. The first kappa shape index (κ1) is 15.2. The van der Waals surface area contributed by atoms with E-state index >= 15 is 0 Å². The molecule has 0 aromatic carbocycles. The van der Waals surface area contributed by atoms with Gasteiger partial charge in [-0.3, -0.25) is 0 Å². The van der Waals surface area contributed by atoms with Gasteiger partial charge in [0, 0.05) is 25.3 Å². The lowest BCUT2D eigenvalue weighted by molar-refractivity contribution is 0.0691. The van der Waals surface area contributed by atoms with Crippen LogP contribution in [0.1, 0.15) is 30.3 Å². The molecule has 1 aromatic heterocycles. The maximum atomic E-state index is 11.9. The normalized spacial score (nSPS) is 21.0. The Labute approximate surface area is 122 Å². The highest BCUT2D eigenvalue weighted by molar-refractivity contribution is 5.98. The molecule has 0 radical (unpaired) electrons. The van der Waals surface area contributed by atoms with Crippen molar-refractivity contribution in [2.45, 2.75) is 25.9 Å². The van der Waals surface area contributed by atoms with Crippen LogP contribution in [0.5, 0.6) is 0 Å². The number of hydrogen-bond acceptors (Lipinski definition) is 4. The largest absolute Gasteiger partial charge is 0.476 e. The van der Waals surface area contributed by atoms with Gasteiger partial charge in [0.1, 0.15) is 0 Å². The van der Waals surface area contributed by atoms with Crippen LogP contribution < -0.4 is 10.6 Å². The Bertz CT molecular complexity index is 521. The lowest BCUT2D eigenvalue weighted by atomic mass is 10.00. The molecule has 0 aliphatic carbocycles. The summed E-state index contributed by atoms with van der Waals surface area (Å²) in [6.45, 7) is 3.28. The number of amides is 2. The molecule has 0 spiro atoms. The molecular weight excluding hydrogens is 274 g/mol. The topological polar surface area (TPSA) is 101 Å². The fourth-order valence-electron chi connectivity index (χ4n) is 2.44. The van der Waals surface area contributed by atoms with Gasteiger partial charge in [-0.15, -0.1) is 0 Å². The molecule has 114 valence electrons. The number of carbonyl (C=O) groups excluding carboxylic acids is 1. The number of nitrogens with one attached hydrogen (secondary N) is 2. The minimum absolute atomic E-state index is 0.178. The average molecular weight is 293 g/mol. The molecule has 2 heterocycles. The van der Waals surface area contributed by atoms with E-state index in [0.717, 1.165) is 19.4 Å². The van der Waals surface area contributed by atoms with Crippen molar-refractivity contribution in [3.8, 4) is 0 Å². The first-order chi connectivity index (χ1) is 10.1. The van der Waals surface area contributed by atoms with Crippen molar-refractivity contribution in [2.75, 3.05) is 18.5 Å². The zero-order valence-electron chi connectivity index (χ0n) is 11.8. The third-order valence-electron chi connectivity index (χ3n) is 3.53. The lowest BCUT2D eigenvalue weighted by Crippen LogP contribution is -2.35. The zero-order valence-corrected chi connectivity index (χ0v) is 11.8. The van der Waals surface area contributed by atoms with E-state index in [0.29, 0.717) is 12.5 Å². The number of carbonyl (C=O) groups is 2. The summed E-state index contributed by atoms with van der Waals surface area (Å²) in [4.78, 5) is 26.6. The van der Waals surface area contributed by atoms with E-state index in [9.17, 15) is 9.59 Å². The molecule has 1 fully saturated rings. The fraction of sp³-hybridized carbons (Fsp3) is 0.500. The maximum Gasteiger partial charge on any atom is 0.356 e. The number of aromatic carboxylic acids is 1. The van der Waals surface area contributed by atoms with Gasteiger partial charge in [0.25, 0.3) is 0 Å². The standard InChI is InChI=1S/C14H19N3O4/c1-2-11-9(5-7-21-11)8-16-14(20)17-10-4-3-6-15-12(10)13(18)19/h3-4,6,9,11H,2,5,7-8H2,1H3,(H,18,19)(H2,16,17,20). The van der Waals surface area contributed by atoms with E-state index in [1.807, 2.05) is 0 Å². The number of ether oxygens (including phenoxy) is 1. The Balaban J connectivity index is 1.89. The van der Waals surface area contributed by atoms with Gasteiger partial charge in [-0.2, -0.15) is 0 Å². The molecule has 2 atom stereocenters. The molecule has 2 amide bonds. The van der Waals surface area contributed by atoms with Crippen molar-refractivity contribution in [1.82, 2.24) is 10.3 Å². The highest BCUT2D eigenvalue weighted by Gasteiger charge is 2.26. The summed E-state index contributed by atoms with van der Waals surface area (Å²) in [6.07, 6.45) is 3.39. The van der Waals surface area contributed by atoms with Crippen LogP contribution in [0.25, 0.3) is 0 Å². The molecule has 0 saturated carbocycles. The summed E-state index contributed by atoms with van der Waals surface area (Å²) in [6, 6.07) is 2.64. The van der Waals surface area contributed by atoms with Crippen molar-refractivity contribution in [1.29, 1.82) is 0 Å². The summed E-state index contributed by atoms with van der Waals surface area (Å²) >= 11 is 0. The summed E-state index contributed by atoms with van der Waals surface area (Å²) in [7, 11) is 0. The maximum absolute atomic E-state index is 11.9. The smallest absolute Gasteiger partial charge is 0.356 e. The van der Waals surface area contributed by atoms with Gasteiger partial charge in [0.05, 0.1) is 11.8 Å². The SMILES string of the molecule is CCC1OCCC1CNC(=O)Nc1cccnc1C(=O)O. The lowest BCUT2D eigenvalue weighted by Gasteiger charge is -2.17. The molecule has 1 saturated heterocycles. The minimum atomic E-state index is -1.18. The van der Waals surface area contributed by atoms with Crippen molar-refractivity contribution in [2.24, 2.45) is 5.92 Å². The average Bonchev–Trinajstić information content (AvgIpc) is 2.93. The number of carboxylic acids is 1. The van der Waals surface area contributed by atoms with Gasteiger partial charge < -0.3 is 20.5 Å². The second kappa shape index (κ2) is 7.03. The van der Waals surface area contributed by atoms with E-state index < -0.39 is 12.0 Å². The van der Waals surface area contributed by atoms with Gasteiger partial charge in [-0.05, 0) is 25.0 Å². The molecule has 3 N–H and O–H groups in total. The number of rotatable bonds is 5. The number of hydrogen-bond donors (Lipinski definition) is 3. The number of pyridine rings is 1. The molecule has 2 unspecified atom stereocenters. The first-order valence-electron chi connectivity index (χ1n) is 6.96. The molecular formula is C14H19N3O4. The van der Waals surface area contributed by atoms with Crippen LogP contribution in [0, 0.1) is 5.92 Å². The molecule has 1 aromatic rings. The predicted molar refractivity (Wildman–Crippen MR) is 76.4 cm³/mol. The molecule has 7 heteroatoms. The predicted octanol–water partition coefficient (Wildman–Crippen LogP) is 1.72. The molecule has 21 heavy (non-hydrogen) atoms. The van der Waals surface area contributed by atoms with E-state index in [1.54, 1.807) is 6.07 Å². The first-order valence-corrected chi connectivity index (χ1v) is 6.96. The van der Waals surface area contributed by atoms with E-state index in [1.165, 1.54) is 12.3 Å². The highest BCUT2D eigenvalue weighted by Crippen LogP contribution is 2.22. The van der Waals surface area contributed by atoms with E-state index in [2.05, 4.69) is 22.5 Å². The number of aromatic nitrogens is 1. The van der Waals surface area contributed by atoms with Crippen LogP contribution in [-0.2, 0) is 4.74 Å². The zero-order chi connectivity index (χ0) is 15.2. The summed E-state index contributed by atoms with van der Waals surface area (Å²) in [5.41, 5.74) is 0.000461. The van der Waals surface area contributed by atoms with E-state index in [-0.39, 0.29) is 17.5 Å². The van der Waals surface area contributed by atoms with Crippen LogP contribution in [0.4, 0.5) is 10.5 Å². The Hall–Kier alpha value is -2.15. The van der Waals surface area contributed by atoms with Crippen molar-refractivity contribution < 1.29 is 19.4 Å². The van der Waals surface area contributed by atoms with Crippen molar-refractivity contribution in [3.63, 3.8) is 0 Å². The number of nitrogens with zero attached hydrogens (tertiary/aromatic N) is 1. The quantitative estimate of drug-likeness (QED) is 0.767. The molecule has 1 aliphatic rings. The summed E-state index contributed by atoms with van der Waals surface area (Å²) < 4.78 is 5.56. The Morgan fingerprint density at radius 3 is 3.05 bits per heavy atom. The van der Waals surface area contributed by atoms with Crippen LogP contribution in [0.2, 0.25) is 0 Å². The number of urea groups is 1. The minimum Gasteiger partial charge on any atom is -0.476 e. The summed E-state index contributed by atoms with van der Waals surface area (Å²) in [5.74, 6) is -0.880. The van der Waals surface area contributed by atoms with Gasteiger partial charge in [-0.25, -0.2) is 14.6 Å². The van der Waals surface area contributed by atoms with Crippen LogP contribution in [0.15, 0.2) is 18.3 Å². The second-order valence-electron chi connectivity index (χ2n) is 4.91. The third-order valence-corrected chi connectivity index (χ3v) is 3.53. The van der Waals surface area contributed by atoms with Crippen LogP contribution >= 0.6 is 0 Å². The number of carboxylic acid groups (broad SMARTS) is 1. The monoisotopic (exact) mass is 293 g/mol. The third kappa shape index (κ3) is 3.91. The summed E-state index contributed by atoms with van der Waals surface area (Å²) in [5, 5.41) is 14.3. The Morgan fingerprint density at radius 2 is 2.33 bits per heavy atom. The van der Waals surface area contributed by atoms with Crippen molar-refractivity contribution >= 4 is 17.7 Å². The number of anilines is 1. The highest BCUT2D eigenvalue weighted by atomic mass is 16.5. The van der Waals surface area contributed by atoms with Crippen molar-refractivity contribution in [3.05, 3.63) is 24.0 Å². The molecule has 7 nitrogen and oxygen atoms in total. The van der Waals surface area contributed by atoms with Crippen LogP contribution in [-0.4, -0.2) is 41.3 Å². The molecule has 1 aliphatic heterocycles. The Morgan fingerprint density at radius 1 is 1.52 bits per heavy atom. The fourth-order valence-corrected chi connectivity index (χ4v) is 2.44. The molecule has 2 rings (SSSR count). The second-order valence-corrected chi connectivity index (χ2v) is 4.91. The van der Waals surface area contributed by atoms with E-state index in [4.69, 9.17) is 9.84 Å². The van der Waals surface area contributed by atoms with Gasteiger partial charge in [0.2, 0.25) is 0 Å². The van der Waals surface area contributed by atoms with Gasteiger partial charge in [-0.1, -0.05) is 6.92 Å². The van der Waals surface area contributed by atoms with Gasteiger partial charge in [0.15, 0.2) is 5.69 Å². The van der Waals surface area contributed by atoms with Crippen LogP contribution in [0.3, 0.4) is 0 Å².